The lowest BCUT2D eigenvalue weighted by Crippen LogP contribution is -2.15. The first kappa shape index (κ1) is 19.2. The molecule has 0 aliphatic heterocycles. The summed E-state index contributed by atoms with van der Waals surface area (Å²) in [6, 6.07) is 12.0. The lowest BCUT2D eigenvalue weighted by Gasteiger charge is -2.12. The normalized spacial score (nSPS) is 11.2. The van der Waals surface area contributed by atoms with Crippen LogP contribution in [0.15, 0.2) is 53.4 Å². The molecule has 0 saturated heterocycles. The summed E-state index contributed by atoms with van der Waals surface area (Å²) in [4.78, 5) is 12.5. The predicted molar refractivity (Wildman–Crippen MR) is 93.0 cm³/mol. The maximum Gasteiger partial charge on any atom is 0.416 e. The zero-order valence-corrected chi connectivity index (χ0v) is 14.4. The van der Waals surface area contributed by atoms with Crippen molar-refractivity contribution in [2.75, 3.05) is 17.7 Å². The molecule has 3 nitrogen and oxygen atoms in total. The van der Waals surface area contributed by atoms with E-state index in [2.05, 4.69) is 5.32 Å². The van der Waals surface area contributed by atoms with Crippen molar-refractivity contribution >= 4 is 23.4 Å². The van der Waals surface area contributed by atoms with Gasteiger partial charge in [0.05, 0.1) is 23.6 Å². The summed E-state index contributed by atoms with van der Waals surface area (Å²) in [5, 5.41) is 2.73. The number of ether oxygens (including phenoxy) is 1. The Hall–Kier alpha value is -2.15. The third kappa shape index (κ3) is 6.01. The van der Waals surface area contributed by atoms with Crippen LogP contribution >= 0.6 is 11.8 Å². The Balaban J connectivity index is 1.96. The molecule has 0 atom stereocenters. The number of amides is 1. The van der Waals surface area contributed by atoms with Crippen molar-refractivity contribution in [2.45, 2.75) is 24.4 Å². The summed E-state index contributed by atoms with van der Waals surface area (Å²) in [5.74, 6) is 0.264. The number of thioether (sulfide) groups is 1. The molecule has 0 bridgehead atoms. The molecule has 2 aromatic carbocycles. The lowest BCUT2D eigenvalue weighted by atomic mass is 10.2. The zero-order chi connectivity index (χ0) is 18.3. The second-order valence-corrected chi connectivity index (χ2v) is 6.26. The topological polar surface area (TPSA) is 38.3 Å². The van der Waals surface area contributed by atoms with Gasteiger partial charge in [0.2, 0.25) is 5.91 Å². The number of carbonyl (C=O) groups excluding carboxylic acids is 1. The second-order valence-electron chi connectivity index (χ2n) is 5.21. The molecule has 0 heterocycles. The molecule has 0 saturated carbocycles. The third-order valence-electron chi connectivity index (χ3n) is 3.15. The van der Waals surface area contributed by atoms with Gasteiger partial charge in [0.25, 0.3) is 0 Å². The van der Waals surface area contributed by atoms with E-state index in [0.29, 0.717) is 22.9 Å². The van der Waals surface area contributed by atoms with Gasteiger partial charge >= 0.3 is 6.18 Å². The van der Waals surface area contributed by atoms with Gasteiger partial charge in [0, 0.05) is 4.90 Å². The van der Waals surface area contributed by atoms with E-state index in [1.54, 1.807) is 30.3 Å². The molecule has 1 N–H and O–H groups in total. The van der Waals surface area contributed by atoms with Crippen LogP contribution in [0.25, 0.3) is 0 Å². The minimum absolute atomic E-state index is 0.00340. The highest BCUT2D eigenvalue weighted by Gasteiger charge is 2.30. The van der Waals surface area contributed by atoms with Crippen LogP contribution in [0.2, 0.25) is 0 Å². The summed E-state index contributed by atoms with van der Waals surface area (Å²) in [7, 11) is 0. The number of halogens is 3. The molecular weight excluding hydrogens is 351 g/mol. The number of alkyl halides is 3. The van der Waals surface area contributed by atoms with E-state index in [-0.39, 0.29) is 11.7 Å². The number of para-hydroxylation sites is 2. The maximum absolute atomic E-state index is 12.7. The highest BCUT2D eigenvalue weighted by molar-refractivity contribution is 8.00. The van der Waals surface area contributed by atoms with Crippen LogP contribution in [-0.2, 0) is 11.0 Å². The summed E-state index contributed by atoms with van der Waals surface area (Å²) in [6.45, 7) is 2.51. The van der Waals surface area contributed by atoms with Gasteiger partial charge in [-0.25, -0.2) is 0 Å². The van der Waals surface area contributed by atoms with Gasteiger partial charge in [-0.05, 0) is 36.8 Å². The molecule has 0 radical (unpaired) electrons. The molecule has 0 aromatic heterocycles. The van der Waals surface area contributed by atoms with Gasteiger partial charge < -0.3 is 10.1 Å². The first-order chi connectivity index (χ1) is 11.9. The number of hydrogen-bond donors (Lipinski definition) is 1. The van der Waals surface area contributed by atoms with E-state index in [4.69, 9.17) is 4.74 Å². The van der Waals surface area contributed by atoms with Gasteiger partial charge in [0.1, 0.15) is 5.75 Å². The summed E-state index contributed by atoms with van der Waals surface area (Å²) >= 11 is 1.05. The first-order valence-electron chi connectivity index (χ1n) is 7.72. The molecule has 7 heteroatoms. The Morgan fingerprint density at radius 3 is 2.64 bits per heavy atom. The molecule has 0 spiro atoms. The Morgan fingerprint density at radius 1 is 1.16 bits per heavy atom. The van der Waals surface area contributed by atoms with Crippen molar-refractivity contribution in [3.63, 3.8) is 0 Å². The van der Waals surface area contributed by atoms with Crippen LogP contribution in [0.3, 0.4) is 0 Å². The van der Waals surface area contributed by atoms with Gasteiger partial charge in [0.15, 0.2) is 0 Å². The molecule has 134 valence electrons. The predicted octanol–water partition coefficient (Wildman–Crippen LogP) is 5.23. The number of benzene rings is 2. The minimum Gasteiger partial charge on any atom is -0.491 e. The number of carbonyl (C=O) groups is 1. The SMILES string of the molecule is CCCOc1ccccc1NC(=O)CSc1cccc(C(F)(F)F)c1. The van der Waals surface area contributed by atoms with Gasteiger partial charge in [-0.15, -0.1) is 11.8 Å². The van der Waals surface area contributed by atoms with Crippen molar-refractivity contribution in [2.24, 2.45) is 0 Å². The molecule has 2 aromatic rings. The highest BCUT2D eigenvalue weighted by Crippen LogP contribution is 2.32. The molecule has 0 aliphatic rings. The van der Waals surface area contributed by atoms with Crippen LogP contribution < -0.4 is 10.1 Å². The zero-order valence-electron chi connectivity index (χ0n) is 13.6. The summed E-state index contributed by atoms with van der Waals surface area (Å²) in [5.41, 5.74) is -0.179. The molecule has 2 rings (SSSR count). The van der Waals surface area contributed by atoms with Crippen molar-refractivity contribution in [1.29, 1.82) is 0 Å². The first-order valence-corrected chi connectivity index (χ1v) is 8.70. The number of anilines is 1. The van der Waals surface area contributed by atoms with Gasteiger partial charge in [-0.1, -0.05) is 25.1 Å². The summed E-state index contributed by atoms with van der Waals surface area (Å²) in [6.07, 6.45) is -3.55. The number of hydrogen-bond acceptors (Lipinski definition) is 3. The maximum atomic E-state index is 12.7. The van der Waals surface area contributed by atoms with Crippen molar-refractivity contribution in [3.8, 4) is 5.75 Å². The molecule has 0 aliphatic carbocycles. The fourth-order valence-corrected chi connectivity index (χ4v) is 2.76. The van der Waals surface area contributed by atoms with Crippen molar-refractivity contribution in [3.05, 3.63) is 54.1 Å². The minimum atomic E-state index is -4.39. The van der Waals surface area contributed by atoms with Crippen LogP contribution in [0.5, 0.6) is 5.75 Å². The van der Waals surface area contributed by atoms with Gasteiger partial charge in [-0.3, -0.25) is 4.79 Å². The van der Waals surface area contributed by atoms with Crippen LogP contribution in [0.4, 0.5) is 18.9 Å². The average Bonchev–Trinajstić information content (AvgIpc) is 2.59. The van der Waals surface area contributed by atoms with E-state index in [9.17, 15) is 18.0 Å². The quantitative estimate of drug-likeness (QED) is 0.680. The molecule has 25 heavy (non-hydrogen) atoms. The fraction of sp³-hybridized carbons (Fsp3) is 0.278. The Bertz CT molecular complexity index is 719. The van der Waals surface area contributed by atoms with E-state index >= 15 is 0 Å². The van der Waals surface area contributed by atoms with E-state index < -0.39 is 11.7 Å². The average molecular weight is 369 g/mol. The highest BCUT2D eigenvalue weighted by atomic mass is 32.2. The lowest BCUT2D eigenvalue weighted by molar-refractivity contribution is -0.137. The number of rotatable bonds is 7. The van der Waals surface area contributed by atoms with Crippen molar-refractivity contribution < 1.29 is 22.7 Å². The van der Waals surface area contributed by atoms with E-state index in [0.717, 1.165) is 30.3 Å². The largest absolute Gasteiger partial charge is 0.491 e. The Kier molecular flexibility index (Phi) is 6.75. The third-order valence-corrected chi connectivity index (χ3v) is 4.15. The molecule has 0 unspecified atom stereocenters. The smallest absolute Gasteiger partial charge is 0.416 e. The molecular formula is C18H18F3NO2S. The van der Waals surface area contributed by atoms with Crippen LogP contribution in [-0.4, -0.2) is 18.3 Å². The van der Waals surface area contributed by atoms with Crippen LogP contribution in [0, 0.1) is 0 Å². The summed E-state index contributed by atoms with van der Waals surface area (Å²) < 4.78 is 43.7. The fourth-order valence-electron chi connectivity index (χ4n) is 2.01. The van der Waals surface area contributed by atoms with Crippen LogP contribution in [0.1, 0.15) is 18.9 Å². The van der Waals surface area contributed by atoms with Gasteiger partial charge in [-0.2, -0.15) is 13.2 Å². The number of nitrogens with one attached hydrogen (secondary N) is 1. The molecule has 1 amide bonds. The van der Waals surface area contributed by atoms with E-state index in [1.807, 2.05) is 6.92 Å². The monoisotopic (exact) mass is 369 g/mol. The van der Waals surface area contributed by atoms with Crippen molar-refractivity contribution in [1.82, 2.24) is 0 Å². The van der Waals surface area contributed by atoms with E-state index in [1.165, 1.54) is 6.07 Å². The second kappa shape index (κ2) is 8.80. The molecule has 0 fully saturated rings. The standard InChI is InChI=1S/C18H18F3NO2S/c1-2-10-24-16-9-4-3-8-15(16)22-17(23)12-25-14-7-5-6-13(11-14)18(19,20)21/h3-9,11H,2,10,12H2,1H3,(H,22,23). The Morgan fingerprint density at radius 2 is 1.92 bits per heavy atom. The Labute approximate surface area is 148 Å².